The van der Waals surface area contributed by atoms with Gasteiger partial charge in [0, 0.05) is 23.3 Å². The van der Waals surface area contributed by atoms with Crippen LogP contribution in [0.15, 0.2) is 42.9 Å². The van der Waals surface area contributed by atoms with Crippen molar-refractivity contribution >= 4 is 53.0 Å². The minimum Gasteiger partial charge on any atom is -0.382 e. The Labute approximate surface area is 202 Å². The third kappa shape index (κ3) is 5.66. The zero-order valence-corrected chi connectivity index (χ0v) is 19.6. The van der Waals surface area contributed by atoms with Gasteiger partial charge in [0.05, 0.1) is 28.8 Å². The third-order valence-corrected chi connectivity index (χ3v) is 5.83. The van der Waals surface area contributed by atoms with Crippen LogP contribution < -0.4 is 11.1 Å². The number of likely N-dealkylation sites (tertiary alicyclic amines) is 1. The molecular formula is C22H23Cl3N6O. The molecule has 0 aliphatic carbocycles. The van der Waals surface area contributed by atoms with Gasteiger partial charge in [-0.25, -0.2) is 9.97 Å². The van der Waals surface area contributed by atoms with Crippen LogP contribution in [0.4, 0.5) is 11.5 Å². The summed E-state index contributed by atoms with van der Waals surface area (Å²) in [7, 11) is 0. The van der Waals surface area contributed by atoms with E-state index in [2.05, 4.69) is 25.2 Å². The summed E-state index contributed by atoms with van der Waals surface area (Å²) in [5.41, 5.74) is 8.68. The van der Waals surface area contributed by atoms with Gasteiger partial charge >= 0.3 is 0 Å². The predicted octanol–water partition coefficient (Wildman–Crippen LogP) is 4.74. The number of carbonyl (C=O) groups excluding carboxylic acids is 1. The van der Waals surface area contributed by atoms with Gasteiger partial charge in [-0.2, -0.15) is 0 Å². The smallest absolute Gasteiger partial charge is 0.278 e. The van der Waals surface area contributed by atoms with Crippen molar-refractivity contribution in [1.29, 1.82) is 0 Å². The number of carbonyl (C=O) groups is 1. The minimum absolute atomic E-state index is 0. The molecule has 1 saturated heterocycles. The lowest BCUT2D eigenvalue weighted by molar-refractivity contribution is 0.102. The second-order valence-corrected chi connectivity index (χ2v) is 8.24. The van der Waals surface area contributed by atoms with Gasteiger partial charge < -0.3 is 16.0 Å². The molecule has 1 fully saturated rings. The lowest BCUT2D eigenvalue weighted by Crippen LogP contribution is -2.23. The van der Waals surface area contributed by atoms with Gasteiger partial charge in [0.1, 0.15) is 0 Å². The standard InChI is InChI=1S/C22H22Cl2N6O.ClH/c23-15-3-4-16(17(24)11-15)19-13-27-21(25)20(28-19)22(31)29-18-12-26-7-5-14(18)6-10-30-8-1-2-9-30;/h3-5,7,11-13H,1-2,6,8-10H2,(H2,25,27)(H,29,31);1H. The molecule has 32 heavy (non-hydrogen) atoms. The van der Waals surface area contributed by atoms with Gasteiger partial charge in [-0.15, -0.1) is 12.4 Å². The molecule has 0 radical (unpaired) electrons. The molecule has 0 bridgehead atoms. The first kappa shape index (κ1) is 24.2. The van der Waals surface area contributed by atoms with Crippen LogP contribution in [0.1, 0.15) is 28.9 Å². The molecule has 0 saturated carbocycles. The summed E-state index contributed by atoms with van der Waals surface area (Å²) in [6, 6.07) is 6.95. The van der Waals surface area contributed by atoms with E-state index >= 15 is 0 Å². The molecule has 0 unspecified atom stereocenters. The number of halogens is 3. The number of hydrogen-bond donors (Lipinski definition) is 2. The van der Waals surface area contributed by atoms with Gasteiger partial charge in [0.25, 0.3) is 5.91 Å². The van der Waals surface area contributed by atoms with E-state index in [1.54, 1.807) is 30.6 Å². The first-order chi connectivity index (χ1) is 15.0. The number of amides is 1. The second kappa shape index (κ2) is 10.9. The lowest BCUT2D eigenvalue weighted by atomic mass is 10.1. The molecule has 7 nitrogen and oxygen atoms in total. The molecule has 1 aliphatic heterocycles. The molecule has 4 rings (SSSR count). The van der Waals surface area contributed by atoms with Crippen molar-refractivity contribution < 1.29 is 4.79 Å². The number of nitrogens with one attached hydrogen (secondary N) is 1. The average molecular weight is 494 g/mol. The Morgan fingerprint density at radius 2 is 1.94 bits per heavy atom. The Bertz CT molecular complexity index is 1100. The van der Waals surface area contributed by atoms with Crippen LogP contribution >= 0.6 is 35.6 Å². The zero-order chi connectivity index (χ0) is 21.8. The Hall–Kier alpha value is -2.45. The monoisotopic (exact) mass is 492 g/mol. The zero-order valence-electron chi connectivity index (χ0n) is 17.2. The highest BCUT2D eigenvalue weighted by molar-refractivity contribution is 6.36. The Kier molecular flexibility index (Phi) is 8.26. The van der Waals surface area contributed by atoms with Crippen LogP contribution in [0.3, 0.4) is 0 Å². The lowest BCUT2D eigenvalue weighted by Gasteiger charge is -2.16. The Morgan fingerprint density at radius 3 is 2.69 bits per heavy atom. The maximum Gasteiger partial charge on any atom is 0.278 e. The molecule has 1 aromatic carbocycles. The molecule has 1 aliphatic rings. The van der Waals surface area contributed by atoms with Crippen molar-refractivity contribution in [3.8, 4) is 11.3 Å². The summed E-state index contributed by atoms with van der Waals surface area (Å²) >= 11 is 12.2. The molecule has 2 aromatic heterocycles. The van der Waals surface area contributed by atoms with Gasteiger partial charge in [-0.3, -0.25) is 9.78 Å². The SMILES string of the molecule is Cl.Nc1ncc(-c2ccc(Cl)cc2Cl)nc1C(=O)Nc1cnccc1CCN1CCCC1. The maximum absolute atomic E-state index is 13.0. The van der Waals surface area contributed by atoms with Gasteiger partial charge in [-0.1, -0.05) is 23.2 Å². The highest BCUT2D eigenvalue weighted by Crippen LogP contribution is 2.29. The van der Waals surface area contributed by atoms with Crippen LogP contribution in [-0.2, 0) is 6.42 Å². The van der Waals surface area contributed by atoms with Crippen molar-refractivity contribution in [2.24, 2.45) is 0 Å². The summed E-state index contributed by atoms with van der Waals surface area (Å²) < 4.78 is 0. The highest BCUT2D eigenvalue weighted by Gasteiger charge is 2.18. The molecule has 0 spiro atoms. The fourth-order valence-electron chi connectivity index (χ4n) is 3.61. The van der Waals surface area contributed by atoms with Gasteiger partial charge in [-0.05, 0) is 62.2 Å². The molecule has 3 heterocycles. The number of nitrogens with two attached hydrogens (primary N) is 1. The molecule has 3 aromatic rings. The average Bonchev–Trinajstić information content (AvgIpc) is 3.27. The number of anilines is 2. The first-order valence-electron chi connectivity index (χ1n) is 10.1. The van der Waals surface area contributed by atoms with Crippen molar-refractivity contribution in [2.75, 3.05) is 30.7 Å². The molecule has 168 valence electrons. The van der Waals surface area contributed by atoms with Crippen molar-refractivity contribution in [1.82, 2.24) is 19.9 Å². The fourth-order valence-corrected chi connectivity index (χ4v) is 4.12. The summed E-state index contributed by atoms with van der Waals surface area (Å²) in [6.07, 6.45) is 8.15. The number of pyridine rings is 1. The third-order valence-electron chi connectivity index (χ3n) is 5.28. The molecule has 3 N–H and O–H groups in total. The number of hydrogen-bond acceptors (Lipinski definition) is 6. The van der Waals surface area contributed by atoms with Crippen LogP contribution in [0, 0.1) is 0 Å². The molecule has 1 amide bonds. The van der Waals surface area contributed by atoms with E-state index in [0.29, 0.717) is 27.0 Å². The van der Waals surface area contributed by atoms with E-state index in [1.165, 1.54) is 19.0 Å². The van der Waals surface area contributed by atoms with E-state index in [-0.39, 0.29) is 23.9 Å². The molecule has 0 atom stereocenters. The Balaban J connectivity index is 0.00000289. The normalized spacial score (nSPS) is 13.6. The van der Waals surface area contributed by atoms with Gasteiger partial charge in [0.2, 0.25) is 0 Å². The topological polar surface area (TPSA) is 97.0 Å². The summed E-state index contributed by atoms with van der Waals surface area (Å²) in [4.78, 5) is 28.1. The molecular weight excluding hydrogens is 471 g/mol. The summed E-state index contributed by atoms with van der Waals surface area (Å²) in [6.45, 7) is 3.19. The number of nitrogens with zero attached hydrogens (tertiary/aromatic N) is 4. The van der Waals surface area contributed by atoms with Crippen molar-refractivity contribution in [2.45, 2.75) is 19.3 Å². The van der Waals surface area contributed by atoms with Crippen LogP contribution in [0.25, 0.3) is 11.3 Å². The summed E-state index contributed by atoms with van der Waals surface area (Å²) in [5.74, 6) is -0.416. The van der Waals surface area contributed by atoms with Crippen molar-refractivity contribution in [3.05, 3.63) is 64.2 Å². The second-order valence-electron chi connectivity index (χ2n) is 7.40. The van der Waals surface area contributed by atoms with Crippen LogP contribution in [-0.4, -0.2) is 45.4 Å². The van der Waals surface area contributed by atoms with E-state index in [9.17, 15) is 4.79 Å². The number of benzene rings is 1. The van der Waals surface area contributed by atoms with E-state index in [4.69, 9.17) is 28.9 Å². The molecule has 10 heteroatoms. The van der Waals surface area contributed by atoms with E-state index < -0.39 is 5.91 Å². The minimum atomic E-state index is -0.452. The maximum atomic E-state index is 13.0. The van der Waals surface area contributed by atoms with Crippen LogP contribution in [0.5, 0.6) is 0 Å². The first-order valence-corrected chi connectivity index (χ1v) is 10.8. The van der Waals surface area contributed by atoms with Gasteiger partial charge in [0.15, 0.2) is 11.5 Å². The number of aromatic nitrogens is 3. The van der Waals surface area contributed by atoms with Crippen LogP contribution in [0.2, 0.25) is 10.0 Å². The summed E-state index contributed by atoms with van der Waals surface area (Å²) in [5, 5.41) is 3.81. The largest absolute Gasteiger partial charge is 0.382 e. The van der Waals surface area contributed by atoms with Crippen molar-refractivity contribution in [3.63, 3.8) is 0 Å². The van der Waals surface area contributed by atoms with E-state index in [1.807, 2.05) is 6.07 Å². The van der Waals surface area contributed by atoms with E-state index in [0.717, 1.165) is 31.6 Å². The fraction of sp³-hybridized carbons (Fsp3) is 0.273. The number of rotatable bonds is 6. The number of nitrogen functional groups attached to an aromatic ring is 1. The predicted molar refractivity (Wildman–Crippen MR) is 131 cm³/mol. The highest BCUT2D eigenvalue weighted by atomic mass is 35.5. The Morgan fingerprint density at radius 1 is 1.16 bits per heavy atom. The quantitative estimate of drug-likeness (QED) is 0.515.